The highest BCUT2D eigenvalue weighted by Gasteiger charge is 2.46. The molecule has 0 radical (unpaired) electrons. The number of amides is 4. The monoisotopic (exact) mass is 896 g/mol. The lowest BCUT2D eigenvalue weighted by Gasteiger charge is -2.36. The van der Waals surface area contributed by atoms with Gasteiger partial charge in [-0.2, -0.15) is 26.3 Å². The molecule has 0 saturated carbocycles. The number of alkyl halides is 6. The highest BCUT2D eigenvalue weighted by Crippen LogP contribution is 2.35. The Morgan fingerprint density at radius 3 is 1.29 bits per heavy atom. The summed E-state index contributed by atoms with van der Waals surface area (Å²) in [5.41, 5.74) is 2.29. The van der Waals surface area contributed by atoms with E-state index in [9.17, 15) is 46.1 Å². The molecule has 7 rings (SSSR count). The van der Waals surface area contributed by atoms with Crippen molar-refractivity contribution in [3.05, 3.63) is 153 Å². The Morgan fingerprint density at radius 2 is 0.935 bits per heavy atom. The van der Waals surface area contributed by atoms with E-state index < -0.39 is 64.5 Å². The minimum atomic E-state index is -4.76. The summed E-state index contributed by atoms with van der Waals surface area (Å²) in [5.74, 6) is -1.59. The first kappa shape index (κ1) is 43.8. The van der Waals surface area contributed by atoms with E-state index in [-0.39, 0.29) is 70.0 Å². The van der Waals surface area contributed by atoms with Crippen molar-refractivity contribution < 1.29 is 50.9 Å². The molecule has 322 valence electrons. The van der Waals surface area contributed by atoms with Gasteiger partial charge in [0.2, 0.25) is 20.3 Å². The number of hydrogen-bond donors (Lipinski definition) is 4. The fraction of sp³-hybridized carbons (Fsp3) is 0.244. The zero-order valence-electron chi connectivity index (χ0n) is 31.9. The van der Waals surface area contributed by atoms with Crippen molar-refractivity contribution in [3.63, 3.8) is 0 Å². The summed E-state index contributed by atoms with van der Waals surface area (Å²) in [7, 11) is 0. The molecule has 4 N–H and O–H groups in total. The predicted molar refractivity (Wildman–Crippen MR) is 215 cm³/mol. The quantitative estimate of drug-likeness (QED) is 0.0919. The van der Waals surface area contributed by atoms with Crippen LogP contribution in [0.15, 0.2) is 109 Å². The van der Waals surface area contributed by atoms with Gasteiger partial charge in [0.1, 0.15) is 12.2 Å². The average Bonchev–Trinajstić information content (AvgIpc) is 3.93. The fourth-order valence-electron chi connectivity index (χ4n) is 6.95. The highest BCUT2D eigenvalue weighted by atomic mass is 32.1. The van der Waals surface area contributed by atoms with Crippen LogP contribution < -0.4 is 10.6 Å². The maximum absolute atomic E-state index is 15.2. The second kappa shape index (κ2) is 18.4. The minimum absolute atomic E-state index is 0.0192. The molecule has 0 aliphatic carbocycles. The van der Waals surface area contributed by atoms with Crippen LogP contribution in [0.5, 0.6) is 0 Å². The topological polar surface area (TPSA) is 174 Å². The second-order valence-electron chi connectivity index (χ2n) is 14.2. The van der Waals surface area contributed by atoms with E-state index in [4.69, 9.17) is 0 Å². The Labute approximate surface area is 356 Å². The molecule has 6 aromatic rings. The molecule has 1 aliphatic heterocycles. The van der Waals surface area contributed by atoms with E-state index in [0.29, 0.717) is 11.1 Å². The van der Waals surface area contributed by atoms with Gasteiger partial charge < -0.3 is 20.0 Å². The first-order valence-electron chi connectivity index (χ1n) is 18.7. The van der Waals surface area contributed by atoms with Crippen molar-refractivity contribution in [1.29, 1.82) is 0 Å². The lowest BCUT2D eigenvalue weighted by atomic mass is 9.90. The molecule has 0 unspecified atom stereocenters. The third-order valence-corrected chi connectivity index (χ3v) is 11.6. The molecule has 0 spiro atoms. The van der Waals surface area contributed by atoms with Crippen LogP contribution in [0.1, 0.15) is 53.0 Å². The summed E-state index contributed by atoms with van der Waals surface area (Å²) in [6, 6.07) is 27.2. The van der Waals surface area contributed by atoms with Crippen molar-refractivity contribution in [2.45, 2.75) is 62.6 Å². The van der Waals surface area contributed by atoms with Gasteiger partial charge in [-0.05, 0) is 59.4 Å². The van der Waals surface area contributed by atoms with E-state index in [1.807, 2.05) is 0 Å². The van der Waals surface area contributed by atoms with Crippen LogP contribution in [0.3, 0.4) is 0 Å². The number of aromatic nitrogens is 4. The first-order chi connectivity index (χ1) is 29.5. The van der Waals surface area contributed by atoms with Crippen LogP contribution in [0.4, 0.5) is 41.4 Å². The maximum atomic E-state index is 15.2. The molecule has 4 amide bonds. The highest BCUT2D eigenvalue weighted by molar-refractivity contribution is 7.15. The van der Waals surface area contributed by atoms with Crippen molar-refractivity contribution in [2.75, 3.05) is 10.6 Å². The van der Waals surface area contributed by atoms with E-state index in [0.717, 1.165) is 11.1 Å². The van der Waals surface area contributed by atoms with Gasteiger partial charge in [-0.3, -0.25) is 20.2 Å². The molecule has 3 heterocycles. The molecule has 1 aliphatic rings. The molecular formula is C41H34F6N8O5S2. The van der Waals surface area contributed by atoms with Crippen LogP contribution in [0.25, 0.3) is 0 Å². The lowest BCUT2D eigenvalue weighted by molar-refractivity contribution is -0.138. The number of benzene rings is 4. The largest absolute Gasteiger partial charge is 0.445 e. The van der Waals surface area contributed by atoms with Gasteiger partial charge >= 0.3 is 18.4 Å². The summed E-state index contributed by atoms with van der Waals surface area (Å²) in [6.45, 7) is -0.423. The van der Waals surface area contributed by atoms with Gasteiger partial charge in [-0.25, -0.2) is 4.79 Å². The van der Waals surface area contributed by atoms with Crippen LogP contribution in [-0.4, -0.2) is 82.5 Å². The lowest BCUT2D eigenvalue weighted by Crippen LogP contribution is -2.50. The van der Waals surface area contributed by atoms with Gasteiger partial charge in [0.25, 0.3) is 11.8 Å². The minimum Gasteiger partial charge on any atom is -0.388 e. The third-order valence-electron chi connectivity index (χ3n) is 9.87. The van der Waals surface area contributed by atoms with Crippen LogP contribution in [0.2, 0.25) is 0 Å². The number of halogens is 6. The maximum Gasteiger partial charge on any atom is 0.445 e. The number of aliphatic hydroxyl groups excluding tert-OH is 2. The van der Waals surface area contributed by atoms with Gasteiger partial charge in [-0.15, -0.1) is 20.4 Å². The molecule has 2 aromatic heterocycles. The number of carbonyl (C=O) groups is 3. The number of aliphatic hydroxyl groups is 2. The third kappa shape index (κ3) is 10.4. The average molecular weight is 897 g/mol. The van der Waals surface area contributed by atoms with Gasteiger partial charge in [0.05, 0.1) is 12.1 Å². The van der Waals surface area contributed by atoms with Gasteiger partial charge in [-0.1, -0.05) is 108 Å². The normalized spacial score (nSPS) is 18.4. The van der Waals surface area contributed by atoms with Gasteiger partial charge in [0.15, 0.2) is 0 Å². The number of nitrogens with one attached hydrogen (secondary N) is 2. The summed E-state index contributed by atoms with van der Waals surface area (Å²) in [5, 5.41) is 38.6. The first-order valence-corrected chi connectivity index (χ1v) is 20.3. The van der Waals surface area contributed by atoms with Crippen molar-refractivity contribution in [1.82, 2.24) is 30.2 Å². The predicted octanol–water partition coefficient (Wildman–Crippen LogP) is 7.31. The molecule has 4 atom stereocenters. The van der Waals surface area contributed by atoms with Crippen LogP contribution >= 0.6 is 22.7 Å². The molecular weight excluding hydrogens is 863 g/mol. The molecule has 4 aromatic carbocycles. The summed E-state index contributed by atoms with van der Waals surface area (Å²) >= 11 is 0.304. The summed E-state index contributed by atoms with van der Waals surface area (Å²) in [4.78, 5) is 44.4. The summed E-state index contributed by atoms with van der Waals surface area (Å²) < 4.78 is 78.8. The van der Waals surface area contributed by atoms with Crippen LogP contribution in [-0.2, 0) is 38.3 Å². The standard InChI is InChI=1S/C41H34F6N8O5S2/c42-40(43,44)35-50-52-37(61-35)48-33(58)27-15-7-13-25(17-27)21-54-29(19-23-9-3-1-4-10-23)31(56)32(57)30(20-24-11-5-2-6-12-24)55(39(54)60)22-26-14-8-16-28(18-26)34(59)49-38-53-51-36(62-38)41(45,46)47/h1-18,29-32,56-57H,19-22H2,(H,48,52,58)(H,49,53,59)/t29-,30-,31+,32+/m1/s1. The van der Waals surface area contributed by atoms with E-state index >= 15 is 4.79 Å². The number of hydrogen-bond acceptors (Lipinski definition) is 11. The zero-order valence-corrected chi connectivity index (χ0v) is 33.5. The molecule has 13 nitrogen and oxygen atoms in total. The van der Waals surface area contributed by atoms with E-state index in [1.54, 1.807) is 72.8 Å². The molecule has 62 heavy (non-hydrogen) atoms. The molecule has 0 bridgehead atoms. The van der Waals surface area contributed by atoms with E-state index in [2.05, 4.69) is 31.0 Å². The van der Waals surface area contributed by atoms with E-state index in [1.165, 1.54) is 46.2 Å². The Kier molecular flexibility index (Phi) is 13.0. The number of nitrogens with zero attached hydrogens (tertiary/aromatic N) is 6. The molecule has 1 fully saturated rings. The fourth-order valence-corrected chi connectivity index (χ4v) is 8.16. The smallest absolute Gasteiger partial charge is 0.388 e. The second-order valence-corrected chi connectivity index (χ2v) is 16.1. The Hall–Kier alpha value is -6.29. The molecule has 21 heteroatoms. The van der Waals surface area contributed by atoms with Crippen LogP contribution in [0, 0.1) is 0 Å². The number of anilines is 2. The number of rotatable bonds is 12. The van der Waals surface area contributed by atoms with Crippen molar-refractivity contribution in [3.8, 4) is 0 Å². The summed E-state index contributed by atoms with van der Waals surface area (Å²) in [6.07, 6.45) is -12.4. The zero-order chi connectivity index (χ0) is 44.2. The number of carbonyl (C=O) groups excluding carboxylic acids is 3. The van der Waals surface area contributed by atoms with Crippen molar-refractivity contribution >= 4 is 50.8 Å². The molecule has 1 saturated heterocycles. The van der Waals surface area contributed by atoms with Crippen molar-refractivity contribution in [2.24, 2.45) is 0 Å². The Bertz CT molecular complexity index is 2350. The number of urea groups is 1. The van der Waals surface area contributed by atoms with Gasteiger partial charge in [0, 0.05) is 24.2 Å². The Balaban J connectivity index is 1.22. The SMILES string of the molecule is O=C(Nc1nnc(C(F)(F)F)s1)c1cccc(CN2C(=O)N(Cc3cccc(C(=O)Nc4nnc(C(F)(F)F)s4)c3)[C@H](Cc3ccccc3)[C@H](O)[C@@H](O)[C@H]2Cc2ccccc2)c1. The Morgan fingerprint density at radius 1 is 0.565 bits per heavy atom.